The lowest BCUT2D eigenvalue weighted by atomic mass is 10.2. The summed E-state index contributed by atoms with van der Waals surface area (Å²) in [5, 5.41) is 6.72. The molecule has 1 aromatic heterocycles. The second-order valence-electron chi connectivity index (χ2n) is 5.41. The Morgan fingerprint density at radius 3 is 2.29 bits per heavy atom. The molecular weight excluding hydrogens is 403 g/mol. The third-order valence-electron chi connectivity index (χ3n) is 3.43. The minimum Gasteiger partial charge on any atom is -0.454 e. The molecule has 0 saturated heterocycles. The quantitative estimate of drug-likeness (QED) is 0.262. The second-order valence-corrected chi connectivity index (χ2v) is 6.22. The van der Waals surface area contributed by atoms with Crippen LogP contribution >= 0.6 is 23.2 Å². The number of carbonyl (C=O) groups excluding carboxylic acids is 1. The van der Waals surface area contributed by atoms with E-state index in [-0.39, 0.29) is 15.9 Å². The number of benzene rings is 2. The van der Waals surface area contributed by atoms with Gasteiger partial charge in [-0.3, -0.25) is 15.1 Å². The van der Waals surface area contributed by atoms with Gasteiger partial charge in [-0.25, -0.2) is 4.79 Å². The number of hydrogen-bond acceptors (Lipinski definition) is 5. The number of carbonyl (C=O) groups is 1. The number of oxime groups is 1. The molecule has 9 heteroatoms. The summed E-state index contributed by atoms with van der Waals surface area (Å²) in [7, 11) is 0. The Bertz CT molecular complexity index is 976. The van der Waals surface area contributed by atoms with Crippen LogP contribution in [0.1, 0.15) is 5.56 Å². The van der Waals surface area contributed by atoms with E-state index in [0.717, 1.165) is 0 Å². The normalized spacial score (nSPS) is 11.0. The monoisotopic (exact) mass is 416 g/mol. The molecule has 0 aliphatic rings. The third kappa shape index (κ3) is 5.12. The lowest BCUT2D eigenvalue weighted by molar-refractivity contribution is 0.166. The van der Waals surface area contributed by atoms with E-state index in [1.165, 1.54) is 12.4 Å². The molecule has 1 heterocycles. The summed E-state index contributed by atoms with van der Waals surface area (Å²) in [5.41, 5.74) is 6.96. The van der Waals surface area contributed by atoms with Gasteiger partial charge in [0.15, 0.2) is 11.6 Å². The zero-order chi connectivity index (χ0) is 19.9. The number of hydrogen-bond donors (Lipinski definition) is 2. The lowest BCUT2D eigenvalue weighted by Crippen LogP contribution is -2.17. The molecule has 2 aromatic carbocycles. The van der Waals surface area contributed by atoms with E-state index in [1.807, 2.05) is 6.07 Å². The van der Waals surface area contributed by atoms with Crippen LogP contribution < -0.4 is 15.8 Å². The molecule has 28 heavy (non-hydrogen) atoms. The van der Waals surface area contributed by atoms with Crippen molar-refractivity contribution in [3.63, 3.8) is 0 Å². The molecule has 0 fully saturated rings. The van der Waals surface area contributed by atoms with Gasteiger partial charge in [0.1, 0.15) is 15.8 Å². The van der Waals surface area contributed by atoms with Crippen molar-refractivity contribution in [2.75, 3.05) is 5.32 Å². The van der Waals surface area contributed by atoms with Gasteiger partial charge >= 0.3 is 6.09 Å². The first-order valence-corrected chi connectivity index (χ1v) is 8.72. The fraction of sp³-hybridized carbons (Fsp3) is 0. The largest absolute Gasteiger partial charge is 0.454 e. The van der Waals surface area contributed by atoms with Crippen molar-refractivity contribution in [3.8, 4) is 11.5 Å². The fourth-order valence-corrected chi connectivity index (χ4v) is 2.56. The molecule has 3 rings (SSSR count). The first-order valence-electron chi connectivity index (χ1n) is 7.97. The van der Waals surface area contributed by atoms with Crippen molar-refractivity contribution in [2.24, 2.45) is 10.9 Å². The van der Waals surface area contributed by atoms with Crippen molar-refractivity contribution < 1.29 is 14.4 Å². The Balaban J connectivity index is 1.62. The number of anilines is 1. The van der Waals surface area contributed by atoms with Crippen LogP contribution in [0.5, 0.6) is 11.5 Å². The van der Waals surface area contributed by atoms with Gasteiger partial charge in [-0.1, -0.05) is 46.6 Å². The highest BCUT2D eigenvalue weighted by Gasteiger charge is 2.10. The molecule has 3 aromatic rings. The number of amides is 1. The minimum atomic E-state index is -0.754. The zero-order valence-electron chi connectivity index (χ0n) is 14.3. The van der Waals surface area contributed by atoms with Crippen LogP contribution in [0, 0.1) is 0 Å². The second kappa shape index (κ2) is 9.07. The van der Waals surface area contributed by atoms with Crippen molar-refractivity contribution in [2.45, 2.75) is 0 Å². The van der Waals surface area contributed by atoms with E-state index in [1.54, 1.807) is 48.5 Å². The number of amidine groups is 1. The lowest BCUT2D eigenvalue weighted by Gasteiger charge is -2.09. The maximum atomic E-state index is 11.7. The molecule has 0 saturated carbocycles. The number of nitrogens with zero attached hydrogens (tertiary/aromatic N) is 2. The van der Waals surface area contributed by atoms with E-state index < -0.39 is 6.09 Å². The number of ether oxygens (including phenoxy) is 1. The van der Waals surface area contributed by atoms with Gasteiger partial charge in [0, 0.05) is 23.6 Å². The Morgan fingerprint density at radius 2 is 1.64 bits per heavy atom. The Hall–Kier alpha value is -3.29. The van der Waals surface area contributed by atoms with Crippen LogP contribution in [0.3, 0.4) is 0 Å². The molecule has 0 spiro atoms. The van der Waals surface area contributed by atoms with Gasteiger partial charge in [0.2, 0.25) is 0 Å². The predicted octanol–water partition coefficient (Wildman–Crippen LogP) is 5.05. The molecule has 1 amide bonds. The average molecular weight is 417 g/mol. The Labute approximate surface area is 170 Å². The molecule has 0 unspecified atom stereocenters. The summed E-state index contributed by atoms with van der Waals surface area (Å²) in [6, 6.07) is 15.4. The van der Waals surface area contributed by atoms with Crippen molar-refractivity contribution in [1.82, 2.24) is 4.98 Å². The molecule has 3 N–H and O–H groups in total. The van der Waals surface area contributed by atoms with Gasteiger partial charge in [0.25, 0.3) is 0 Å². The van der Waals surface area contributed by atoms with Crippen LogP contribution in [-0.4, -0.2) is 16.9 Å². The minimum absolute atomic E-state index is 0.0229. The molecule has 0 aliphatic carbocycles. The van der Waals surface area contributed by atoms with Gasteiger partial charge in [-0.2, -0.15) is 0 Å². The van der Waals surface area contributed by atoms with Gasteiger partial charge in [0.05, 0.1) is 0 Å². The first-order chi connectivity index (χ1) is 13.5. The van der Waals surface area contributed by atoms with Crippen LogP contribution in [0.2, 0.25) is 10.0 Å². The third-order valence-corrected chi connectivity index (χ3v) is 3.97. The number of aromatic nitrogens is 1. The maximum Gasteiger partial charge on any atom is 0.437 e. The average Bonchev–Trinajstić information content (AvgIpc) is 2.70. The van der Waals surface area contributed by atoms with Crippen molar-refractivity contribution in [1.29, 1.82) is 0 Å². The summed E-state index contributed by atoms with van der Waals surface area (Å²) in [6.45, 7) is 0. The number of pyridine rings is 1. The van der Waals surface area contributed by atoms with Crippen LogP contribution in [0.4, 0.5) is 10.5 Å². The van der Waals surface area contributed by atoms with Gasteiger partial charge in [-0.05, 0) is 36.4 Å². The van der Waals surface area contributed by atoms with Crippen molar-refractivity contribution >= 4 is 40.8 Å². The molecule has 0 radical (unpaired) electrons. The summed E-state index contributed by atoms with van der Waals surface area (Å²) >= 11 is 12.0. The number of halogens is 2. The van der Waals surface area contributed by atoms with Crippen LogP contribution in [0.25, 0.3) is 0 Å². The topological polar surface area (TPSA) is 98.8 Å². The highest BCUT2D eigenvalue weighted by molar-refractivity contribution is 6.36. The highest BCUT2D eigenvalue weighted by atomic mass is 35.5. The molecular formula is C19H14Cl2N4O3. The molecule has 142 valence electrons. The van der Waals surface area contributed by atoms with Crippen molar-refractivity contribution in [3.05, 3.63) is 82.6 Å². The van der Waals surface area contributed by atoms with Gasteiger partial charge in [-0.15, -0.1) is 0 Å². The summed E-state index contributed by atoms with van der Waals surface area (Å²) in [4.78, 5) is 20.3. The SMILES string of the molecule is N/C(=N/OC(=O)Nc1ccccc1)c1ccc(Oc2c(Cl)cncc2Cl)cc1. The zero-order valence-corrected chi connectivity index (χ0v) is 15.8. The highest BCUT2D eigenvalue weighted by Crippen LogP contribution is 2.35. The molecule has 0 bridgehead atoms. The smallest absolute Gasteiger partial charge is 0.437 e. The van der Waals surface area contributed by atoms with Gasteiger partial charge < -0.3 is 10.5 Å². The van der Waals surface area contributed by atoms with Crippen LogP contribution in [0.15, 0.2) is 72.1 Å². The predicted molar refractivity (Wildman–Crippen MR) is 108 cm³/mol. The number of nitrogens with two attached hydrogens (primary N) is 1. The first kappa shape index (κ1) is 19.5. The Morgan fingerprint density at radius 1 is 1.00 bits per heavy atom. The summed E-state index contributed by atoms with van der Waals surface area (Å²) < 4.78 is 5.66. The summed E-state index contributed by atoms with van der Waals surface area (Å²) in [5.74, 6) is 0.803. The standard InChI is InChI=1S/C19H14Cl2N4O3/c20-15-10-23-11-16(21)17(15)27-14-8-6-12(7-9-14)18(22)25-28-19(26)24-13-4-2-1-3-5-13/h1-11H,(H2,22,25)(H,24,26). The Kier molecular flexibility index (Phi) is 6.31. The number of para-hydroxylation sites is 1. The maximum absolute atomic E-state index is 11.7. The molecule has 0 atom stereocenters. The van der Waals surface area contributed by atoms with E-state index >= 15 is 0 Å². The van der Waals surface area contributed by atoms with E-state index in [0.29, 0.717) is 22.7 Å². The van der Waals surface area contributed by atoms with E-state index in [4.69, 9.17) is 38.5 Å². The molecule has 7 nitrogen and oxygen atoms in total. The van der Waals surface area contributed by atoms with E-state index in [2.05, 4.69) is 15.5 Å². The van der Waals surface area contributed by atoms with Crippen LogP contribution in [-0.2, 0) is 4.84 Å². The number of rotatable bonds is 5. The summed E-state index contributed by atoms with van der Waals surface area (Å²) in [6.07, 6.45) is 2.11. The molecule has 0 aliphatic heterocycles. The number of nitrogens with one attached hydrogen (secondary N) is 1. The fourth-order valence-electron chi connectivity index (χ4n) is 2.11. The van der Waals surface area contributed by atoms with E-state index in [9.17, 15) is 4.79 Å².